The van der Waals surface area contributed by atoms with Crippen molar-refractivity contribution in [3.63, 3.8) is 0 Å². The first-order valence-corrected chi connectivity index (χ1v) is 10.6. The molecule has 2 aromatic rings. The molecular weight excluding hydrogens is 382 g/mol. The van der Waals surface area contributed by atoms with Crippen molar-refractivity contribution in [2.24, 2.45) is 22.9 Å². The quantitative estimate of drug-likeness (QED) is 0.444. The summed E-state index contributed by atoms with van der Waals surface area (Å²) in [4.78, 5) is 22.9. The van der Waals surface area contributed by atoms with Crippen LogP contribution in [0.3, 0.4) is 0 Å². The zero-order chi connectivity index (χ0) is 20.9. The fourth-order valence-electron chi connectivity index (χ4n) is 6.23. The largest absolute Gasteiger partial charge is 0.291 e. The van der Waals surface area contributed by atoms with Crippen LogP contribution in [0.2, 0.25) is 0 Å². The van der Waals surface area contributed by atoms with Gasteiger partial charge in [0.1, 0.15) is 0 Å². The highest BCUT2D eigenvalue weighted by molar-refractivity contribution is 6.00. The minimum Gasteiger partial charge on any atom is -0.281 e. The number of aromatic amines is 1. The van der Waals surface area contributed by atoms with Gasteiger partial charge in [-0.2, -0.15) is 10.2 Å². The van der Waals surface area contributed by atoms with E-state index in [1.165, 1.54) is 50.7 Å². The molecule has 4 aliphatic rings. The Morgan fingerprint density at radius 3 is 2.33 bits per heavy atom. The second-order valence-electron chi connectivity index (χ2n) is 9.31. The molecule has 1 heterocycles. The number of hydrogen-bond acceptors (Lipinski definition) is 5. The highest BCUT2D eigenvalue weighted by Crippen LogP contribution is 2.60. The van der Waals surface area contributed by atoms with Crippen LogP contribution in [0.15, 0.2) is 35.4 Å². The monoisotopic (exact) mass is 407 g/mol. The predicted molar refractivity (Wildman–Crippen MR) is 111 cm³/mol. The first kappa shape index (κ1) is 19.0. The van der Waals surface area contributed by atoms with E-state index < -0.39 is 4.92 Å². The molecule has 1 aromatic heterocycles. The van der Waals surface area contributed by atoms with Crippen molar-refractivity contribution in [1.29, 1.82) is 0 Å². The Bertz CT molecular complexity index is 988. The molecule has 0 unspecified atom stereocenters. The molecule has 2 N–H and O–H groups in total. The number of amides is 1. The lowest BCUT2D eigenvalue weighted by molar-refractivity contribution is -0.384. The number of non-ortho nitro benzene ring substituents is 1. The van der Waals surface area contributed by atoms with Gasteiger partial charge in [-0.25, -0.2) is 5.43 Å². The molecule has 4 aliphatic carbocycles. The van der Waals surface area contributed by atoms with Crippen LogP contribution < -0.4 is 5.43 Å². The maximum atomic E-state index is 12.6. The zero-order valence-corrected chi connectivity index (χ0v) is 16.9. The lowest BCUT2D eigenvalue weighted by Gasteiger charge is -2.56. The van der Waals surface area contributed by atoms with Gasteiger partial charge in [0, 0.05) is 23.2 Å². The molecule has 0 atom stereocenters. The van der Waals surface area contributed by atoms with Gasteiger partial charge in [-0.05, 0) is 87.0 Å². The summed E-state index contributed by atoms with van der Waals surface area (Å²) in [5.41, 5.74) is 5.46. The number of nitro groups is 1. The normalized spacial score (nSPS) is 29.8. The van der Waals surface area contributed by atoms with Gasteiger partial charge in [0.25, 0.3) is 11.6 Å². The molecule has 6 rings (SSSR count). The third kappa shape index (κ3) is 3.30. The second-order valence-corrected chi connectivity index (χ2v) is 9.31. The number of benzene rings is 1. The van der Waals surface area contributed by atoms with Crippen LogP contribution in [0.5, 0.6) is 0 Å². The third-order valence-corrected chi connectivity index (χ3v) is 7.24. The molecule has 30 heavy (non-hydrogen) atoms. The molecule has 0 saturated heterocycles. The maximum absolute atomic E-state index is 12.6. The van der Waals surface area contributed by atoms with Crippen molar-refractivity contribution < 1.29 is 9.72 Å². The van der Waals surface area contributed by atoms with Crippen LogP contribution in [-0.4, -0.2) is 26.7 Å². The predicted octanol–water partition coefficient (Wildman–Crippen LogP) is 3.94. The van der Waals surface area contributed by atoms with Gasteiger partial charge in [-0.15, -0.1) is 0 Å². The maximum Gasteiger partial charge on any atom is 0.291 e. The number of aromatic nitrogens is 2. The molecule has 1 aromatic carbocycles. The third-order valence-electron chi connectivity index (χ3n) is 7.24. The molecule has 4 bridgehead atoms. The van der Waals surface area contributed by atoms with Gasteiger partial charge >= 0.3 is 0 Å². The van der Waals surface area contributed by atoms with E-state index in [-0.39, 0.29) is 17.0 Å². The van der Waals surface area contributed by atoms with Gasteiger partial charge in [-0.3, -0.25) is 20.0 Å². The fraction of sp³-hybridized carbons (Fsp3) is 0.500. The van der Waals surface area contributed by atoms with E-state index in [4.69, 9.17) is 0 Å². The van der Waals surface area contributed by atoms with E-state index in [1.54, 1.807) is 19.1 Å². The molecule has 8 nitrogen and oxygen atoms in total. The summed E-state index contributed by atoms with van der Waals surface area (Å²) in [6.45, 7) is 1.74. The molecule has 1 amide bonds. The van der Waals surface area contributed by atoms with Crippen LogP contribution in [0, 0.1) is 27.9 Å². The van der Waals surface area contributed by atoms with Crippen LogP contribution in [0.1, 0.15) is 67.2 Å². The average Bonchev–Trinajstić information content (AvgIpc) is 3.22. The van der Waals surface area contributed by atoms with Gasteiger partial charge in [0.05, 0.1) is 10.6 Å². The minimum absolute atomic E-state index is 0.0179. The zero-order valence-electron chi connectivity index (χ0n) is 16.9. The molecule has 4 fully saturated rings. The summed E-state index contributed by atoms with van der Waals surface area (Å²) in [6.07, 6.45) is 7.74. The highest BCUT2D eigenvalue weighted by Gasteiger charge is 2.52. The molecule has 0 radical (unpaired) electrons. The summed E-state index contributed by atoms with van der Waals surface area (Å²) in [5.74, 6) is 2.12. The summed E-state index contributed by atoms with van der Waals surface area (Å²) < 4.78 is 0. The Morgan fingerprint density at radius 2 is 1.77 bits per heavy atom. The number of nitrogens with one attached hydrogen (secondary N) is 2. The van der Waals surface area contributed by atoms with Gasteiger partial charge in [-0.1, -0.05) is 0 Å². The summed E-state index contributed by atoms with van der Waals surface area (Å²) in [6, 6.07) is 7.97. The Kier molecular flexibility index (Phi) is 4.45. The standard InChI is InChI=1S/C22H25N5O3/c1-13(17-2-4-18(5-3-17)27(29)30)23-26-21(28)19-9-20(25-24-19)22-10-14-6-15(11-22)8-16(7-14)12-22/h2-5,9,14-16H,6-8,10-12H2,1H3,(H,24,25)(H,26,28)/b23-13-. The second kappa shape index (κ2) is 7.04. The Morgan fingerprint density at radius 1 is 1.17 bits per heavy atom. The van der Waals surface area contributed by atoms with Crippen molar-refractivity contribution in [1.82, 2.24) is 15.6 Å². The number of nitro benzene ring substituents is 1. The van der Waals surface area contributed by atoms with E-state index in [0.29, 0.717) is 17.0 Å². The smallest absolute Gasteiger partial charge is 0.281 e. The number of carbonyl (C=O) groups excluding carboxylic acids is 1. The molecule has 156 valence electrons. The Hall–Kier alpha value is -3.03. The molecule has 0 spiro atoms. The lowest BCUT2D eigenvalue weighted by atomic mass is 9.49. The van der Waals surface area contributed by atoms with Crippen LogP contribution in [-0.2, 0) is 5.41 Å². The average molecular weight is 407 g/mol. The van der Waals surface area contributed by atoms with E-state index >= 15 is 0 Å². The summed E-state index contributed by atoms with van der Waals surface area (Å²) in [5, 5.41) is 22.3. The van der Waals surface area contributed by atoms with Crippen LogP contribution in [0.25, 0.3) is 0 Å². The van der Waals surface area contributed by atoms with Gasteiger partial charge in [0.2, 0.25) is 0 Å². The van der Waals surface area contributed by atoms with Gasteiger partial charge in [0.15, 0.2) is 5.69 Å². The van der Waals surface area contributed by atoms with Crippen molar-refractivity contribution in [2.45, 2.75) is 50.9 Å². The number of hydrogen-bond donors (Lipinski definition) is 2. The number of rotatable bonds is 5. The van der Waals surface area contributed by atoms with E-state index in [1.807, 2.05) is 6.07 Å². The van der Waals surface area contributed by atoms with Crippen LogP contribution in [0.4, 0.5) is 5.69 Å². The van der Waals surface area contributed by atoms with Crippen molar-refractivity contribution in [2.75, 3.05) is 0 Å². The SMILES string of the molecule is C/C(=N/NC(=O)c1cc(C23CC4CC(CC(C4)C2)C3)[nH]n1)c1ccc([N+](=O)[O-])cc1. The number of hydrazone groups is 1. The van der Waals surface area contributed by atoms with Crippen LogP contribution >= 0.6 is 0 Å². The highest BCUT2D eigenvalue weighted by atomic mass is 16.6. The number of carbonyl (C=O) groups is 1. The summed E-state index contributed by atoms with van der Waals surface area (Å²) >= 11 is 0. The molecular formula is C22H25N5O3. The van der Waals surface area contributed by atoms with E-state index in [9.17, 15) is 14.9 Å². The minimum atomic E-state index is -0.447. The lowest BCUT2D eigenvalue weighted by Crippen LogP contribution is -2.48. The Balaban J connectivity index is 1.28. The first-order chi connectivity index (χ1) is 14.4. The number of H-pyrrole nitrogens is 1. The molecule has 4 saturated carbocycles. The number of nitrogens with zero attached hydrogens (tertiary/aromatic N) is 3. The fourth-order valence-corrected chi connectivity index (χ4v) is 6.23. The molecule has 0 aliphatic heterocycles. The van der Waals surface area contributed by atoms with E-state index in [0.717, 1.165) is 23.4 Å². The van der Waals surface area contributed by atoms with Gasteiger partial charge < -0.3 is 0 Å². The summed E-state index contributed by atoms with van der Waals surface area (Å²) in [7, 11) is 0. The van der Waals surface area contributed by atoms with Crippen molar-refractivity contribution >= 4 is 17.3 Å². The van der Waals surface area contributed by atoms with Crippen molar-refractivity contribution in [3.8, 4) is 0 Å². The topological polar surface area (TPSA) is 113 Å². The van der Waals surface area contributed by atoms with E-state index in [2.05, 4.69) is 20.7 Å². The first-order valence-electron chi connectivity index (χ1n) is 10.6. The Labute approximate surface area is 174 Å². The van der Waals surface area contributed by atoms with Crippen molar-refractivity contribution in [3.05, 3.63) is 57.4 Å². The molecule has 8 heteroatoms.